The zero-order valence-corrected chi connectivity index (χ0v) is 6.81. The van der Waals surface area contributed by atoms with Crippen LogP contribution in [0.5, 0.6) is 0 Å². The van der Waals surface area contributed by atoms with Gasteiger partial charge in [-0.3, -0.25) is 4.79 Å². The first-order valence-electron chi connectivity index (χ1n) is 2.81. The van der Waals surface area contributed by atoms with E-state index in [4.69, 9.17) is 9.90 Å². The molecule has 0 aromatic carbocycles. The molecule has 1 aromatic heterocycles. The fourth-order valence-corrected chi connectivity index (χ4v) is 0.998. The lowest BCUT2D eigenvalue weighted by atomic mass is 10.4. The molecule has 0 fully saturated rings. The maximum atomic E-state index is 9.00. The Morgan fingerprint density at radius 1 is 1.70 bits per heavy atom. The van der Waals surface area contributed by atoms with Crippen LogP contribution in [0.4, 0.5) is 0 Å². The fraction of sp³-hybridized carbons (Fsp3) is 0.286. The molecule has 0 bridgehead atoms. The van der Waals surface area contributed by atoms with Crippen molar-refractivity contribution in [3.05, 3.63) is 22.4 Å². The summed E-state index contributed by atoms with van der Waals surface area (Å²) < 4.78 is 0. The number of aryl methyl sites for hydroxylation is 1. The first-order valence-corrected chi connectivity index (χ1v) is 3.75. The van der Waals surface area contributed by atoms with Gasteiger partial charge in [0.2, 0.25) is 0 Å². The van der Waals surface area contributed by atoms with E-state index in [0.717, 1.165) is 6.92 Å². The number of hydrogen-bond acceptors (Lipinski definition) is 2. The van der Waals surface area contributed by atoms with E-state index < -0.39 is 5.97 Å². The normalized spacial score (nSPS) is 7.80. The molecule has 0 amide bonds. The van der Waals surface area contributed by atoms with Crippen LogP contribution in [-0.2, 0) is 4.79 Å². The Bertz CT molecular complexity index is 175. The van der Waals surface area contributed by atoms with E-state index >= 15 is 0 Å². The van der Waals surface area contributed by atoms with E-state index in [-0.39, 0.29) is 0 Å². The van der Waals surface area contributed by atoms with Gasteiger partial charge in [0.25, 0.3) is 5.97 Å². The van der Waals surface area contributed by atoms with E-state index in [2.05, 4.69) is 23.8 Å². The van der Waals surface area contributed by atoms with Crippen molar-refractivity contribution in [1.29, 1.82) is 0 Å². The maximum absolute atomic E-state index is 9.00. The Morgan fingerprint density at radius 3 is 2.30 bits per heavy atom. The summed E-state index contributed by atoms with van der Waals surface area (Å²) in [6, 6.07) is 2.10. The highest BCUT2D eigenvalue weighted by Gasteiger charge is 1.74. The summed E-state index contributed by atoms with van der Waals surface area (Å²) in [5, 5.41) is 11.6. The van der Waals surface area contributed by atoms with Gasteiger partial charge in [-0.25, -0.2) is 0 Å². The number of thiophene rings is 1. The van der Waals surface area contributed by atoms with Crippen LogP contribution >= 0.6 is 11.3 Å². The topological polar surface area (TPSA) is 37.3 Å². The van der Waals surface area contributed by atoms with Gasteiger partial charge < -0.3 is 5.11 Å². The highest BCUT2D eigenvalue weighted by Crippen LogP contribution is 2.01. The molecule has 10 heavy (non-hydrogen) atoms. The van der Waals surface area contributed by atoms with Crippen molar-refractivity contribution in [2.75, 3.05) is 0 Å². The summed E-state index contributed by atoms with van der Waals surface area (Å²) in [4.78, 5) is 9.00. The molecule has 0 saturated heterocycles. The maximum Gasteiger partial charge on any atom is 0.300 e. The number of aliphatic carboxylic acids is 1. The van der Waals surface area contributed by atoms with E-state index in [0.29, 0.717) is 0 Å². The van der Waals surface area contributed by atoms with Crippen molar-refractivity contribution in [3.63, 3.8) is 0 Å². The van der Waals surface area contributed by atoms with Gasteiger partial charge in [0, 0.05) is 6.92 Å². The van der Waals surface area contributed by atoms with Crippen LogP contribution in [0.3, 0.4) is 0 Å². The molecule has 0 saturated carbocycles. The molecule has 1 rings (SSSR count). The third-order valence-electron chi connectivity index (χ3n) is 0.663. The summed E-state index contributed by atoms with van der Waals surface area (Å²) in [7, 11) is 0. The minimum absolute atomic E-state index is 0.833. The quantitative estimate of drug-likeness (QED) is 0.628. The molecule has 56 valence electrons. The molecule has 0 spiro atoms. The molecule has 0 aliphatic rings. The van der Waals surface area contributed by atoms with E-state index in [1.807, 2.05) is 0 Å². The Balaban J connectivity index is 0.000000180. The largest absolute Gasteiger partial charge is 0.481 e. The second-order valence-corrected chi connectivity index (χ2v) is 2.60. The average Bonchev–Trinajstić information content (AvgIpc) is 2.15. The Labute approximate surface area is 64.1 Å². The number of carbonyl (C=O) groups is 1. The molecule has 1 aromatic rings. The molecular formula is C7H10O2S. The molecule has 0 aliphatic heterocycles. The van der Waals surface area contributed by atoms with Gasteiger partial charge in [-0.1, -0.05) is 0 Å². The molecule has 0 aliphatic carbocycles. The van der Waals surface area contributed by atoms with Crippen molar-refractivity contribution >= 4 is 17.3 Å². The lowest BCUT2D eigenvalue weighted by Crippen LogP contribution is -1.78. The monoisotopic (exact) mass is 158 g/mol. The first kappa shape index (κ1) is 9.17. The van der Waals surface area contributed by atoms with Crippen LogP contribution in [0, 0.1) is 6.92 Å². The molecule has 0 atom stereocenters. The van der Waals surface area contributed by atoms with Gasteiger partial charge in [0.1, 0.15) is 0 Å². The fourth-order valence-electron chi connectivity index (χ4n) is 0.333. The third kappa shape index (κ3) is 7.17. The minimum atomic E-state index is -0.833. The summed E-state index contributed by atoms with van der Waals surface area (Å²) in [6.07, 6.45) is 0. The van der Waals surface area contributed by atoms with Crippen LogP contribution < -0.4 is 0 Å². The second kappa shape index (κ2) is 4.99. The van der Waals surface area contributed by atoms with E-state index in [1.165, 1.54) is 5.56 Å². The smallest absolute Gasteiger partial charge is 0.300 e. The van der Waals surface area contributed by atoms with Crippen LogP contribution in [0.1, 0.15) is 12.5 Å². The zero-order chi connectivity index (χ0) is 7.98. The van der Waals surface area contributed by atoms with Gasteiger partial charge in [0.05, 0.1) is 0 Å². The summed E-state index contributed by atoms with van der Waals surface area (Å²) in [5.74, 6) is -0.833. The molecule has 3 heteroatoms. The highest BCUT2D eigenvalue weighted by molar-refractivity contribution is 7.07. The number of carboxylic acid groups (broad SMARTS) is 1. The lowest BCUT2D eigenvalue weighted by Gasteiger charge is -1.65. The predicted molar refractivity (Wildman–Crippen MR) is 42.4 cm³/mol. The van der Waals surface area contributed by atoms with Gasteiger partial charge in [0.15, 0.2) is 0 Å². The van der Waals surface area contributed by atoms with Crippen LogP contribution in [0.25, 0.3) is 0 Å². The Hall–Kier alpha value is -0.830. The van der Waals surface area contributed by atoms with Gasteiger partial charge in [-0.05, 0) is 29.3 Å². The van der Waals surface area contributed by atoms with Crippen molar-refractivity contribution in [3.8, 4) is 0 Å². The molecule has 1 heterocycles. The van der Waals surface area contributed by atoms with Crippen molar-refractivity contribution in [2.45, 2.75) is 13.8 Å². The van der Waals surface area contributed by atoms with Crippen molar-refractivity contribution < 1.29 is 9.90 Å². The van der Waals surface area contributed by atoms with E-state index in [1.54, 1.807) is 11.3 Å². The molecule has 1 N–H and O–H groups in total. The van der Waals surface area contributed by atoms with Gasteiger partial charge in [-0.2, -0.15) is 11.3 Å². The summed E-state index contributed by atoms with van der Waals surface area (Å²) in [5.41, 5.74) is 1.36. The third-order valence-corrected chi connectivity index (χ3v) is 1.46. The number of carboxylic acids is 1. The predicted octanol–water partition coefficient (Wildman–Crippen LogP) is 2.15. The zero-order valence-electron chi connectivity index (χ0n) is 6.00. The number of rotatable bonds is 0. The van der Waals surface area contributed by atoms with Crippen LogP contribution in [0.2, 0.25) is 0 Å². The van der Waals surface area contributed by atoms with Crippen LogP contribution in [0.15, 0.2) is 16.8 Å². The average molecular weight is 158 g/mol. The molecule has 0 radical (unpaired) electrons. The SMILES string of the molecule is CC(=O)O.Cc1ccsc1. The van der Waals surface area contributed by atoms with E-state index in [9.17, 15) is 0 Å². The van der Waals surface area contributed by atoms with Crippen LogP contribution in [-0.4, -0.2) is 11.1 Å². The molecule has 2 nitrogen and oxygen atoms in total. The van der Waals surface area contributed by atoms with Gasteiger partial charge >= 0.3 is 0 Å². The summed E-state index contributed by atoms with van der Waals surface area (Å²) >= 11 is 1.74. The minimum Gasteiger partial charge on any atom is -0.481 e. The lowest BCUT2D eigenvalue weighted by molar-refractivity contribution is -0.134. The standard InChI is InChI=1S/C5H6S.C2H4O2/c1-5-2-3-6-4-5;1-2(3)4/h2-4H,1H3;1H3,(H,3,4). The highest BCUT2D eigenvalue weighted by atomic mass is 32.1. The second-order valence-electron chi connectivity index (χ2n) is 1.82. The van der Waals surface area contributed by atoms with Gasteiger partial charge in [-0.15, -0.1) is 0 Å². The van der Waals surface area contributed by atoms with Crippen molar-refractivity contribution in [1.82, 2.24) is 0 Å². The molecule has 0 unspecified atom stereocenters. The summed E-state index contributed by atoms with van der Waals surface area (Å²) in [6.45, 7) is 3.18. The Kier molecular flexibility index (Phi) is 4.58. The van der Waals surface area contributed by atoms with Crippen molar-refractivity contribution in [2.24, 2.45) is 0 Å². The number of hydrogen-bond donors (Lipinski definition) is 1. The Morgan fingerprint density at radius 2 is 2.20 bits per heavy atom. The first-order chi connectivity index (χ1) is 4.63. The molecular weight excluding hydrogens is 148 g/mol.